The van der Waals surface area contributed by atoms with Gasteiger partial charge in [-0.15, -0.1) is 0 Å². The number of aliphatic hydroxyl groups is 1. The predicted molar refractivity (Wildman–Crippen MR) is 49.4 cm³/mol. The second-order valence-corrected chi connectivity index (χ2v) is 2.89. The summed E-state index contributed by atoms with van der Waals surface area (Å²) in [5.74, 6) is 0. The van der Waals surface area contributed by atoms with E-state index in [9.17, 15) is 5.11 Å². The minimum atomic E-state index is -0.933. The zero-order valence-corrected chi connectivity index (χ0v) is 7.30. The highest BCUT2D eigenvalue weighted by Crippen LogP contribution is 2.14. The van der Waals surface area contributed by atoms with E-state index in [0.29, 0.717) is 6.42 Å². The normalized spacial score (nSPS) is 10.5. The second kappa shape index (κ2) is 4.14. The molecule has 0 saturated carbocycles. The molecule has 0 heterocycles. The average Bonchev–Trinajstić information content (AvgIpc) is 2.00. The van der Waals surface area contributed by atoms with Crippen LogP contribution in [0.25, 0.3) is 0 Å². The van der Waals surface area contributed by atoms with Crippen molar-refractivity contribution in [3.63, 3.8) is 0 Å². The summed E-state index contributed by atoms with van der Waals surface area (Å²) >= 11 is 0. The first kappa shape index (κ1) is 10.2. The molecule has 62 valence electrons. The highest BCUT2D eigenvalue weighted by molar-refractivity contribution is 5.13. The molecule has 11 heavy (non-hydrogen) atoms. The lowest BCUT2D eigenvalue weighted by atomic mass is 9.99. The van der Waals surface area contributed by atoms with E-state index in [-0.39, 0.29) is 0 Å². The lowest BCUT2D eigenvalue weighted by molar-refractivity contribution is 0.147. The monoisotopic (exact) mass is 152 g/mol. The fourth-order valence-corrected chi connectivity index (χ4v) is 0.618. The Morgan fingerprint density at radius 2 is 1.82 bits per heavy atom. The topological polar surface area (TPSA) is 20.2 Å². The number of allylic oxidation sites excluding steroid dienone is 1. The van der Waals surface area contributed by atoms with E-state index in [1.54, 1.807) is 0 Å². The molecule has 0 atom stereocenters. The van der Waals surface area contributed by atoms with Crippen molar-refractivity contribution in [2.45, 2.75) is 25.9 Å². The third kappa shape index (κ3) is 3.79. The Kier molecular flexibility index (Phi) is 3.83. The molecule has 0 aliphatic carbocycles. The Morgan fingerprint density at radius 3 is 2.09 bits per heavy atom. The molecule has 1 nitrogen and oxygen atoms in total. The molecule has 0 aliphatic heterocycles. The average molecular weight is 152 g/mol. The Morgan fingerprint density at radius 1 is 1.36 bits per heavy atom. The van der Waals surface area contributed by atoms with Gasteiger partial charge >= 0.3 is 0 Å². The van der Waals surface area contributed by atoms with Crippen LogP contribution < -0.4 is 0 Å². The van der Waals surface area contributed by atoms with E-state index in [1.165, 1.54) is 17.7 Å². The van der Waals surface area contributed by atoms with E-state index in [4.69, 9.17) is 0 Å². The van der Waals surface area contributed by atoms with Gasteiger partial charge in [-0.1, -0.05) is 37.0 Å². The maximum absolute atomic E-state index is 9.60. The number of hydrogen-bond acceptors (Lipinski definition) is 1. The minimum absolute atomic E-state index is 0.558. The van der Waals surface area contributed by atoms with Gasteiger partial charge in [0.05, 0.1) is 0 Å². The largest absolute Gasteiger partial charge is 0.381 e. The van der Waals surface area contributed by atoms with E-state index in [0.717, 1.165) is 0 Å². The molecule has 1 N–H and O–H groups in total. The fraction of sp³-hybridized carbons (Fsp3) is 0.400. The Balaban J connectivity index is 4.20. The van der Waals surface area contributed by atoms with E-state index >= 15 is 0 Å². The SMILES string of the molecule is C=CC(O)(C=C)CC=C(C)C. The Bertz CT molecular complexity index is 165. The molecule has 0 aromatic carbocycles. The van der Waals surface area contributed by atoms with Gasteiger partial charge in [0.2, 0.25) is 0 Å². The summed E-state index contributed by atoms with van der Waals surface area (Å²) < 4.78 is 0. The van der Waals surface area contributed by atoms with Crippen molar-refractivity contribution in [2.75, 3.05) is 0 Å². The first-order valence-electron chi connectivity index (χ1n) is 3.67. The molecule has 0 unspecified atom stereocenters. The fourth-order valence-electron chi connectivity index (χ4n) is 0.618. The number of hydrogen-bond donors (Lipinski definition) is 1. The van der Waals surface area contributed by atoms with Crippen molar-refractivity contribution in [1.82, 2.24) is 0 Å². The van der Waals surface area contributed by atoms with Crippen LogP contribution in [0.3, 0.4) is 0 Å². The van der Waals surface area contributed by atoms with Gasteiger partial charge in [0.15, 0.2) is 0 Å². The summed E-state index contributed by atoms with van der Waals surface area (Å²) in [5.41, 5.74) is 0.254. The second-order valence-electron chi connectivity index (χ2n) is 2.89. The Labute approximate surface area is 68.7 Å². The van der Waals surface area contributed by atoms with Crippen molar-refractivity contribution >= 4 is 0 Å². The van der Waals surface area contributed by atoms with Crippen molar-refractivity contribution in [1.29, 1.82) is 0 Å². The first-order valence-corrected chi connectivity index (χ1v) is 3.67. The predicted octanol–water partition coefficient (Wildman–Crippen LogP) is 2.45. The molecular weight excluding hydrogens is 136 g/mol. The van der Waals surface area contributed by atoms with Crippen molar-refractivity contribution in [2.24, 2.45) is 0 Å². The maximum atomic E-state index is 9.60. The molecule has 0 saturated heterocycles. The molecule has 0 radical (unpaired) electrons. The van der Waals surface area contributed by atoms with Crippen LogP contribution in [0.1, 0.15) is 20.3 Å². The highest BCUT2D eigenvalue weighted by Gasteiger charge is 2.14. The van der Waals surface area contributed by atoms with Crippen LogP contribution in [0.15, 0.2) is 37.0 Å². The summed E-state index contributed by atoms with van der Waals surface area (Å²) in [6, 6.07) is 0. The van der Waals surface area contributed by atoms with E-state index in [2.05, 4.69) is 13.2 Å². The van der Waals surface area contributed by atoms with Gasteiger partial charge in [0, 0.05) is 6.42 Å². The molecule has 1 heteroatoms. The van der Waals surface area contributed by atoms with E-state index < -0.39 is 5.60 Å². The smallest absolute Gasteiger partial charge is 0.104 e. The lowest BCUT2D eigenvalue weighted by Crippen LogP contribution is -2.20. The molecule has 0 aromatic rings. The van der Waals surface area contributed by atoms with Gasteiger partial charge in [-0.05, 0) is 13.8 Å². The molecule has 0 rings (SSSR count). The number of rotatable bonds is 4. The van der Waals surface area contributed by atoms with Crippen molar-refractivity contribution < 1.29 is 5.11 Å². The van der Waals surface area contributed by atoms with Crippen LogP contribution in [-0.4, -0.2) is 10.7 Å². The molecule has 0 aliphatic rings. The molecule has 0 bridgehead atoms. The van der Waals surface area contributed by atoms with Gasteiger partial charge in [-0.3, -0.25) is 0 Å². The first-order chi connectivity index (χ1) is 5.04. The van der Waals surface area contributed by atoms with Crippen LogP contribution in [0.2, 0.25) is 0 Å². The molecule has 0 aromatic heterocycles. The zero-order chi connectivity index (χ0) is 8.91. The quantitative estimate of drug-likeness (QED) is 0.613. The van der Waals surface area contributed by atoms with Crippen LogP contribution in [0.4, 0.5) is 0 Å². The third-order valence-corrected chi connectivity index (χ3v) is 1.54. The zero-order valence-electron chi connectivity index (χ0n) is 7.30. The van der Waals surface area contributed by atoms with E-state index in [1.807, 2.05) is 19.9 Å². The summed E-state index contributed by atoms with van der Waals surface area (Å²) in [6.07, 6.45) is 5.52. The van der Waals surface area contributed by atoms with Gasteiger partial charge in [-0.2, -0.15) is 0 Å². The van der Waals surface area contributed by atoms with Crippen LogP contribution >= 0.6 is 0 Å². The third-order valence-electron chi connectivity index (χ3n) is 1.54. The summed E-state index contributed by atoms with van der Waals surface area (Å²) in [6.45, 7) is 11.0. The van der Waals surface area contributed by atoms with Gasteiger partial charge in [-0.25, -0.2) is 0 Å². The summed E-state index contributed by atoms with van der Waals surface area (Å²) in [5, 5.41) is 9.60. The van der Waals surface area contributed by atoms with Gasteiger partial charge < -0.3 is 5.11 Å². The van der Waals surface area contributed by atoms with Gasteiger partial charge in [0.1, 0.15) is 5.60 Å². The van der Waals surface area contributed by atoms with Crippen molar-refractivity contribution in [3.05, 3.63) is 37.0 Å². The van der Waals surface area contributed by atoms with Crippen molar-refractivity contribution in [3.8, 4) is 0 Å². The lowest BCUT2D eigenvalue weighted by Gasteiger charge is -2.17. The van der Waals surface area contributed by atoms with Crippen LogP contribution in [0, 0.1) is 0 Å². The molecule has 0 spiro atoms. The minimum Gasteiger partial charge on any atom is -0.381 e. The maximum Gasteiger partial charge on any atom is 0.104 e. The summed E-state index contributed by atoms with van der Waals surface area (Å²) in [4.78, 5) is 0. The standard InChI is InChI=1S/C10H16O/c1-5-10(11,6-2)8-7-9(3)4/h5-7,11H,1-2,8H2,3-4H3. The highest BCUT2D eigenvalue weighted by atomic mass is 16.3. The molecular formula is C10H16O. The molecule has 0 fully saturated rings. The van der Waals surface area contributed by atoms with Crippen LogP contribution in [-0.2, 0) is 0 Å². The summed E-state index contributed by atoms with van der Waals surface area (Å²) in [7, 11) is 0. The Hall–Kier alpha value is -0.820. The van der Waals surface area contributed by atoms with Crippen LogP contribution in [0.5, 0.6) is 0 Å². The van der Waals surface area contributed by atoms with Gasteiger partial charge in [0.25, 0.3) is 0 Å². The molecule has 0 amide bonds.